The van der Waals surface area contributed by atoms with E-state index < -0.39 is 0 Å². The predicted molar refractivity (Wildman–Crippen MR) is 91.8 cm³/mol. The van der Waals surface area contributed by atoms with E-state index in [1.807, 2.05) is 26.0 Å². The Labute approximate surface area is 137 Å². The first-order valence-electron chi connectivity index (χ1n) is 8.01. The van der Waals surface area contributed by atoms with E-state index in [0.717, 1.165) is 23.1 Å². The number of nitrogens with one attached hydrogen (secondary N) is 2. The third-order valence-electron chi connectivity index (χ3n) is 3.75. The molecule has 0 radical (unpaired) electrons. The fourth-order valence-corrected chi connectivity index (χ4v) is 2.36. The van der Waals surface area contributed by atoms with Crippen molar-refractivity contribution < 1.29 is 4.79 Å². The van der Waals surface area contributed by atoms with Gasteiger partial charge in [0.05, 0.1) is 6.04 Å². The first-order valence-corrected chi connectivity index (χ1v) is 8.01. The van der Waals surface area contributed by atoms with E-state index in [2.05, 4.69) is 39.7 Å². The summed E-state index contributed by atoms with van der Waals surface area (Å²) in [4.78, 5) is 20.0. The van der Waals surface area contributed by atoms with Crippen molar-refractivity contribution in [1.82, 2.24) is 20.6 Å². The second kappa shape index (κ2) is 8.39. The highest BCUT2D eigenvalue weighted by Gasteiger charge is 2.15. The molecule has 2 rings (SSSR count). The normalized spacial score (nSPS) is 13.3. The van der Waals surface area contributed by atoms with Gasteiger partial charge in [0.15, 0.2) is 0 Å². The molecule has 1 heterocycles. The van der Waals surface area contributed by atoms with Gasteiger partial charge >= 0.3 is 0 Å². The number of carbonyl (C=O) groups excluding carboxylic acids is 1. The molecule has 2 aromatic rings. The van der Waals surface area contributed by atoms with Gasteiger partial charge in [-0.15, -0.1) is 0 Å². The highest BCUT2D eigenvalue weighted by atomic mass is 16.2. The average Bonchev–Trinajstić information content (AvgIpc) is 2.60. The molecule has 122 valence electrons. The molecular weight excluding hydrogens is 288 g/mol. The van der Waals surface area contributed by atoms with Gasteiger partial charge in [0.25, 0.3) is 0 Å². The summed E-state index contributed by atoms with van der Waals surface area (Å²) in [6.45, 7) is 6.70. The average molecular weight is 312 g/mol. The lowest BCUT2D eigenvalue weighted by molar-refractivity contribution is -0.122. The molecule has 0 spiro atoms. The largest absolute Gasteiger partial charge is 0.355 e. The topological polar surface area (TPSA) is 66.9 Å². The van der Waals surface area contributed by atoms with Crippen LogP contribution in [0.3, 0.4) is 0 Å². The molecule has 0 saturated heterocycles. The van der Waals surface area contributed by atoms with Crippen LogP contribution < -0.4 is 10.6 Å². The maximum Gasteiger partial charge on any atom is 0.236 e. The van der Waals surface area contributed by atoms with Gasteiger partial charge in [0.2, 0.25) is 5.91 Å². The highest BCUT2D eigenvalue weighted by molar-refractivity contribution is 5.81. The fourth-order valence-electron chi connectivity index (χ4n) is 2.36. The lowest BCUT2D eigenvalue weighted by Gasteiger charge is -2.20. The number of aromatic nitrogens is 2. The molecule has 0 fully saturated rings. The molecule has 5 nitrogen and oxygen atoms in total. The molecule has 23 heavy (non-hydrogen) atoms. The molecule has 0 aliphatic carbocycles. The lowest BCUT2D eigenvalue weighted by atomic mass is 10.0. The van der Waals surface area contributed by atoms with Gasteiger partial charge in [-0.05, 0) is 31.4 Å². The van der Waals surface area contributed by atoms with Crippen molar-refractivity contribution in [3.05, 3.63) is 48.5 Å². The molecule has 0 unspecified atom stereocenters. The van der Waals surface area contributed by atoms with Crippen LogP contribution in [0.5, 0.6) is 0 Å². The van der Waals surface area contributed by atoms with E-state index in [4.69, 9.17) is 0 Å². The lowest BCUT2D eigenvalue weighted by Crippen LogP contribution is -2.43. The van der Waals surface area contributed by atoms with Crippen LogP contribution in [-0.2, 0) is 4.79 Å². The van der Waals surface area contributed by atoms with Crippen LogP contribution in [0.4, 0.5) is 0 Å². The molecule has 5 heteroatoms. The van der Waals surface area contributed by atoms with Crippen molar-refractivity contribution in [1.29, 1.82) is 0 Å². The Kier molecular flexibility index (Phi) is 6.23. The molecule has 2 atom stereocenters. The van der Waals surface area contributed by atoms with Crippen molar-refractivity contribution in [3.63, 3.8) is 0 Å². The Morgan fingerprint density at radius 3 is 2.35 bits per heavy atom. The van der Waals surface area contributed by atoms with Crippen LogP contribution in [0.2, 0.25) is 0 Å². The summed E-state index contributed by atoms with van der Waals surface area (Å²) in [5, 5.41) is 6.23. The Balaban J connectivity index is 1.97. The van der Waals surface area contributed by atoms with E-state index >= 15 is 0 Å². The van der Waals surface area contributed by atoms with Gasteiger partial charge in [0, 0.05) is 30.5 Å². The molecule has 0 saturated carbocycles. The van der Waals surface area contributed by atoms with Crippen LogP contribution in [0, 0.1) is 0 Å². The van der Waals surface area contributed by atoms with E-state index in [1.165, 1.54) is 6.33 Å². The zero-order chi connectivity index (χ0) is 16.7. The minimum atomic E-state index is -0.223. The maximum atomic E-state index is 11.9. The quantitative estimate of drug-likeness (QED) is 0.825. The number of rotatable bonds is 7. The van der Waals surface area contributed by atoms with Crippen molar-refractivity contribution in [2.75, 3.05) is 6.54 Å². The number of hydrogen-bond donors (Lipinski definition) is 2. The van der Waals surface area contributed by atoms with Gasteiger partial charge in [-0.25, -0.2) is 9.97 Å². The number of carbonyl (C=O) groups is 1. The van der Waals surface area contributed by atoms with Crippen LogP contribution in [0.25, 0.3) is 11.1 Å². The van der Waals surface area contributed by atoms with Gasteiger partial charge in [-0.1, -0.05) is 31.2 Å². The number of hydrogen-bond acceptors (Lipinski definition) is 4. The third kappa shape index (κ3) is 4.86. The zero-order valence-corrected chi connectivity index (χ0v) is 13.9. The minimum absolute atomic E-state index is 0.0387. The van der Waals surface area contributed by atoms with Crippen LogP contribution in [-0.4, -0.2) is 28.5 Å². The van der Waals surface area contributed by atoms with Crippen molar-refractivity contribution >= 4 is 5.91 Å². The Hall–Kier alpha value is -2.27. The van der Waals surface area contributed by atoms with E-state index in [0.29, 0.717) is 6.54 Å². The zero-order valence-electron chi connectivity index (χ0n) is 13.9. The molecule has 1 aromatic carbocycles. The molecule has 0 bridgehead atoms. The third-order valence-corrected chi connectivity index (χ3v) is 3.75. The van der Waals surface area contributed by atoms with E-state index in [-0.39, 0.29) is 18.0 Å². The van der Waals surface area contributed by atoms with Crippen LogP contribution in [0.15, 0.2) is 43.0 Å². The molecular formula is C18H24N4O. The minimum Gasteiger partial charge on any atom is -0.355 e. The Morgan fingerprint density at radius 2 is 1.74 bits per heavy atom. The number of amides is 1. The van der Waals surface area contributed by atoms with Gasteiger partial charge < -0.3 is 5.32 Å². The maximum absolute atomic E-state index is 11.9. The molecule has 1 aromatic heterocycles. The Morgan fingerprint density at radius 1 is 1.09 bits per heavy atom. The predicted octanol–water partition coefficient (Wildman–Crippen LogP) is 2.71. The Bertz CT molecular complexity index is 613. The summed E-state index contributed by atoms with van der Waals surface area (Å²) >= 11 is 0. The van der Waals surface area contributed by atoms with Crippen LogP contribution >= 0.6 is 0 Å². The summed E-state index contributed by atoms with van der Waals surface area (Å²) < 4.78 is 0. The van der Waals surface area contributed by atoms with E-state index in [1.54, 1.807) is 12.4 Å². The monoisotopic (exact) mass is 312 g/mol. The standard InChI is InChI=1S/C18H24N4O/c1-4-9-21-18(23)14(3)22-13(2)15-5-7-16(8-6-15)17-10-19-12-20-11-17/h5-8,10-14,22H,4,9H2,1-3H3,(H,21,23)/t13-,14+/m0/s1. The summed E-state index contributed by atoms with van der Waals surface area (Å²) in [6.07, 6.45) is 6.06. The SMILES string of the molecule is CCCNC(=O)[C@@H](C)N[C@@H](C)c1ccc(-c2cncnc2)cc1. The van der Waals surface area contributed by atoms with Crippen LogP contribution in [0.1, 0.15) is 38.8 Å². The molecule has 0 aliphatic heterocycles. The summed E-state index contributed by atoms with van der Waals surface area (Å²) in [5.41, 5.74) is 3.21. The summed E-state index contributed by atoms with van der Waals surface area (Å²) in [6, 6.07) is 8.10. The van der Waals surface area contributed by atoms with Crippen molar-refractivity contribution in [2.45, 2.75) is 39.3 Å². The smallest absolute Gasteiger partial charge is 0.236 e. The summed E-state index contributed by atoms with van der Waals surface area (Å²) in [7, 11) is 0. The molecule has 0 aliphatic rings. The fraction of sp³-hybridized carbons (Fsp3) is 0.389. The number of nitrogens with zero attached hydrogens (tertiary/aromatic N) is 2. The van der Waals surface area contributed by atoms with Crippen molar-refractivity contribution in [3.8, 4) is 11.1 Å². The first kappa shape index (κ1) is 17.1. The molecule has 1 amide bonds. The van der Waals surface area contributed by atoms with Gasteiger partial charge in [-0.2, -0.15) is 0 Å². The van der Waals surface area contributed by atoms with E-state index in [9.17, 15) is 4.79 Å². The number of benzene rings is 1. The van der Waals surface area contributed by atoms with Gasteiger partial charge in [0.1, 0.15) is 6.33 Å². The highest BCUT2D eigenvalue weighted by Crippen LogP contribution is 2.20. The second-order valence-corrected chi connectivity index (χ2v) is 5.65. The molecule has 2 N–H and O–H groups in total. The summed E-state index contributed by atoms with van der Waals surface area (Å²) in [5.74, 6) is 0.0387. The van der Waals surface area contributed by atoms with Gasteiger partial charge in [-0.3, -0.25) is 10.1 Å². The van der Waals surface area contributed by atoms with Crippen molar-refractivity contribution in [2.24, 2.45) is 0 Å². The first-order chi connectivity index (χ1) is 11.1. The second-order valence-electron chi connectivity index (χ2n) is 5.65.